The Labute approximate surface area is 201 Å². The van der Waals surface area contributed by atoms with Gasteiger partial charge in [0.05, 0.1) is 11.7 Å². The molecule has 5 aromatic rings. The Morgan fingerprint density at radius 3 is 2.53 bits per heavy atom. The summed E-state index contributed by atoms with van der Waals surface area (Å²) >= 11 is 1.45. The molecule has 1 atom stereocenters. The van der Waals surface area contributed by atoms with E-state index in [9.17, 15) is 9.59 Å². The molecule has 5 rings (SSSR count). The lowest BCUT2D eigenvalue weighted by molar-refractivity contribution is -0.119. The Bertz CT molecular complexity index is 1550. The van der Waals surface area contributed by atoms with Crippen LogP contribution in [0.4, 0.5) is 5.69 Å². The summed E-state index contributed by atoms with van der Waals surface area (Å²) in [5.74, 6) is -0.225. The Kier molecular flexibility index (Phi) is 5.99. The van der Waals surface area contributed by atoms with Crippen molar-refractivity contribution in [2.75, 3.05) is 5.32 Å². The number of amides is 1. The fourth-order valence-electron chi connectivity index (χ4n) is 4.29. The number of rotatable bonds is 6. The van der Waals surface area contributed by atoms with Crippen LogP contribution in [0.2, 0.25) is 0 Å². The molecule has 0 radical (unpaired) electrons. The first-order valence-electron chi connectivity index (χ1n) is 11.5. The van der Waals surface area contributed by atoms with Crippen LogP contribution in [0.3, 0.4) is 0 Å². The van der Waals surface area contributed by atoms with Crippen LogP contribution in [0, 0.1) is 0 Å². The molecule has 0 fully saturated rings. The standard InChI is InChI=1S/C28H25N3O2S/c1-3-18-9-13-22(14-10-18)30-26(32)24(4-2)31-17-29-27-25(28(31)33)23(16-34-27)21-12-11-19-7-5-6-8-20(19)15-21/h5-17,24H,3-4H2,1-2H3,(H,30,32). The second-order valence-corrected chi connectivity index (χ2v) is 9.17. The molecular weight excluding hydrogens is 442 g/mol. The lowest BCUT2D eigenvalue weighted by Crippen LogP contribution is -2.33. The van der Waals surface area contributed by atoms with Gasteiger partial charge in [0, 0.05) is 16.6 Å². The number of carbonyl (C=O) groups excluding carboxylic acids is 1. The van der Waals surface area contributed by atoms with Gasteiger partial charge in [0.25, 0.3) is 5.56 Å². The predicted molar refractivity (Wildman–Crippen MR) is 141 cm³/mol. The number of anilines is 1. The molecule has 170 valence electrons. The summed E-state index contributed by atoms with van der Waals surface area (Å²) < 4.78 is 1.47. The number of nitrogens with one attached hydrogen (secondary N) is 1. The third-order valence-electron chi connectivity index (χ3n) is 6.23. The molecule has 5 nitrogen and oxygen atoms in total. The van der Waals surface area contributed by atoms with Crippen LogP contribution >= 0.6 is 11.3 Å². The van der Waals surface area contributed by atoms with Crippen LogP contribution in [-0.4, -0.2) is 15.5 Å². The predicted octanol–water partition coefficient (Wildman–Crippen LogP) is 6.43. The third-order valence-corrected chi connectivity index (χ3v) is 7.12. The molecule has 34 heavy (non-hydrogen) atoms. The van der Waals surface area contributed by atoms with Crippen LogP contribution in [0.15, 0.2) is 83.2 Å². The largest absolute Gasteiger partial charge is 0.324 e. The van der Waals surface area contributed by atoms with Gasteiger partial charge in [0.15, 0.2) is 0 Å². The maximum absolute atomic E-state index is 13.6. The number of carbonyl (C=O) groups is 1. The van der Waals surface area contributed by atoms with E-state index in [0.29, 0.717) is 16.6 Å². The summed E-state index contributed by atoms with van der Waals surface area (Å²) in [6, 6.07) is 21.5. The topological polar surface area (TPSA) is 64.0 Å². The lowest BCUT2D eigenvalue weighted by Gasteiger charge is -2.18. The van der Waals surface area contributed by atoms with E-state index in [-0.39, 0.29) is 11.5 Å². The minimum absolute atomic E-state index is 0.197. The Morgan fingerprint density at radius 1 is 1.03 bits per heavy atom. The van der Waals surface area contributed by atoms with Crippen molar-refractivity contribution in [3.63, 3.8) is 0 Å². The summed E-state index contributed by atoms with van der Waals surface area (Å²) in [5, 5.41) is 7.75. The number of hydrogen-bond acceptors (Lipinski definition) is 4. The van der Waals surface area contributed by atoms with Crippen molar-refractivity contribution < 1.29 is 4.79 Å². The molecule has 1 unspecified atom stereocenters. The van der Waals surface area contributed by atoms with Crippen LogP contribution < -0.4 is 10.9 Å². The zero-order valence-corrected chi connectivity index (χ0v) is 19.9. The highest BCUT2D eigenvalue weighted by atomic mass is 32.1. The monoisotopic (exact) mass is 467 g/mol. The fourth-order valence-corrected chi connectivity index (χ4v) is 5.20. The molecular formula is C28H25N3O2S. The molecule has 1 amide bonds. The van der Waals surface area contributed by atoms with Gasteiger partial charge >= 0.3 is 0 Å². The molecule has 0 saturated carbocycles. The Balaban J connectivity index is 1.53. The van der Waals surface area contributed by atoms with Gasteiger partial charge in [-0.3, -0.25) is 14.2 Å². The summed E-state index contributed by atoms with van der Waals surface area (Å²) in [4.78, 5) is 32.0. The second kappa shape index (κ2) is 9.23. The van der Waals surface area contributed by atoms with Gasteiger partial charge in [-0.2, -0.15) is 0 Å². The van der Waals surface area contributed by atoms with Gasteiger partial charge in [0.2, 0.25) is 5.91 Å². The van der Waals surface area contributed by atoms with E-state index in [4.69, 9.17) is 0 Å². The highest BCUT2D eigenvalue weighted by Gasteiger charge is 2.23. The SMILES string of the molecule is CCc1ccc(NC(=O)C(CC)n2cnc3scc(-c4ccc5ccccc5c4)c3c2=O)cc1. The lowest BCUT2D eigenvalue weighted by atomic mass is 10.0. The molecule has 0 aliphatic heterocycles. The molecule has 2 aromatic heterocycles. The molecule has 6 heteroatoms. The normalized spacial score (nSPS) is 12.2. The number of aryl methyl sites for hydroxylation is 1. The number of hydrogen-bond donors (Lipinski definition) is 1. The molecule has 0 spiro atoms. The quantitative estimate of drug-likeness (QED) is 0.313. The van der Waals surface area contributed by atoms with Crippen molar-refractivity contribution in [3.05, 3.63) is 94.4 Å². The minimum Gasteiger partial charge on any atom is -0.324 e. The first kappa shape index (κ1) is 22.0. The van der Waals surface area contributed by atoms with Crippen molar-refractivity contribution in [1.29, 1.82) is 0 Å². The molecule has 0 saturated heterocycles. The highest BCUT2D eigenvalue weighted by Crippen LogP contribution is 2.33. The van der Waals surface area contributed by atoms with Gasteiger partial charge in [-0.25, -0.2) is 4.98 Å². The number of aromatic nitrogens is 2. The molecule has 2 heterocycles. The Hall–Kier alpha value is -3.77. The molecule has 0 bridgehead atoms. The number of nitrogens with zero attached hydrogens (tertiary/aromatic N) is 2. The van der Waals surface area contributed by atoms with E-state index < -0.39 is 6.04 Å². The van der Waals surface area contributed by atoms with Crippen LogP contribution in [0.1, 0.15) is 31.9 Å². The van der Waals surface area contributed by atoms with E-state index in [1.54, 1.807) is 0 Å². The molecule has 0 aliphatic rings. The van der Waals surface area contributed by atoms with Crippen LogP contribution in [0.25, 0.3) is 32.1 Å². The van der Waals surface area contributed by atoms with E-state index >= 15 is 0 Å². The van der Waals surface area contributed by atoms with E-state index in [0.717, 1.165) is 34.0 Å². The van der Waals surface area contributed by atoms with Gasteiger partial charge in [-0.05, 0) is 52.9 Å². The van der Waals surface area contributed by atoms with Gasteiger partial charge in [-0.15, -0.1) is 11.3 Å². The maximum Gasteiger partial charge on any atom is 0.263 e. The third kappa shape index (κ3) is 4.01. The van der Waals surface area contributed by atoms with Crippen molar-refractivity contribution in [2.45, 2.75) is 32.7 Å². The summed E-state index contributed by atoms with van der Waals surface area (Å²) in [7, 11) is 0. The maximum atomic E-state index is 13.6. The summed E-state index contributed by atoms with van der Waals surface area (Å²) in [6.07, 6.45) is 2.91. The fraction of sp³-hybridized carbons (Fsp3) is 0.179. The molecule has 1 N–H and O–H groups in total. The van der Waals surface area contributed by atoms with E-state index in [2.05, 4.69) is 41.5 Å². The van der Waals surface area contributed by atoms with Gasteiger partial charge in [-0.1, -0.05) is 62.4 Å². The van der Waals surface area contributed by atoms with Crippen molar-refractivity contribution in [1.82, 2.24) is 9.55 Å². The van der Waals surface area contributed by atoms with Gasteiger partial charge < -0.3 is 5.32 Å². The van der Waals surface area contributed by atoms with Gasteiger partial charge in [0.1, 0.15) is 10.9 Å². The molecule has 0 aliphatic carbocycles. The average Bonchev–Trinajstić information content (AvgIpc) is 3.31. The second-order valence-electron chi connectivity index (χ2n) is 8.31. The number of thiophene rings is 1. The minimum atomic E-state index is -0.653. The van der Waals surface area contributed by atoms with E-state index in [1.807, 2.05) is 54.8 Å². The van der Waals surface area contributed by atoms with Crippen LogP contribution in [-0.2, 0) is 11.2 Å². The number of benzene rings is 3. The highest BCUT2D eigenvalue weighted by molar-refractivity contribution is 7.17. The van der Waals surface area contributed by atoms with E-state index in [1.165, 1.54) is 27.8 Å². The summed E-state index contributed by atoms with van der Waals surface area (Å²) in [5.41, 5.74) is 3.54. The molecule has 3 aromatic carbocycles. The first-order chi connectivity index (χ1) is 16.6. The zero-order chi connectivity index (χ0) is 23.7. The van der Waals surface area contributed by atoms with Crippen molar-refractivity contribution in [3.8, 4) is 11.1 Å². The van der Waals surface area contributed by atoms with Crippen molar-refractivity contribution >= 4 is 43.9 Å². The Morgan fingerprint density at radius 2 is 1.79 bits per heavy atom. The average molecular weight is 468 g/mol. The van der Waals surface area contributed by atoms with Crippen LogP contribution in [0.5, 0.6) is 0 Å². The smallest absolute Gasteiger partial charge is 0.263 e. The number of fused-ring (bicyclic) bond motifs is 2. The first-order valence-corrected chi connectivity index (χ1v) is 12.3. The summed E-state index contributed by atoms with van der Waals surface area (Å²) in [6.45, 7) is 3.99. The zero-order valence-electron chi connectivity index (χ0n) is 19.1. The van der Waals surface area contributed by atoms with Crippen molar-refractivity contribution in [2.24, 2.45) is 0 Å².